The molecule has 0 bridgehead atoms. The zero-order chi connectivity index (χ0) is 10.8. The Morgan fingerprint density at radius 2 is 2.47 bits per heavy atom. The van der Waals surface area contributed by atoms with E-state index in [0.29, 0.717) is 19.0 Å². The summed E-state index contributed by atoms with van der Waals surface area (Å²) in [7, 11) is 0. The van der Waals surface area contributed by atoms with Crippen molar-refractivity contribution in [2.45, 2.75) is 18.9 Å². The third-order valence-corrected chi connectivity index (χ3v) is 2.30. The Balaban J connectivity index is 2.25. The lowest BCUT2D eigenvalue weighted by atomic mass is 10.6. The van der Waals surface area contributed by atoms with Gasteiger partial charge in [0.25, 0.3) is 5.95 Å². The van der Waals surface area contributed by atoms with Crippen LogP contribution in [-0.4, -0.2) is 27.6 Å². The molecule has 0 spiro atoms. The summed E-state index contributed by atoms with van der Waals surface area (Å²) < 4.78 is 1.65. The second-order valence-electron chi connectivity index (χ2n) is 3.51. The maximum absolute atomic E-state index is 10.7. The first-order valence-corrected chi connectivity index (χ1v) is 4.89. The molecule has 15 heavy (non-hydrogen) atoms. The van der Waals surface area contributed by atoms with Crippen LogP contribution in [0.3, 0.4) is 0 Å². The molecule has 82 valence electrons. The molecule has 7 heteroatoms. The number of nitrogens with one attached hydrogen (secondary N) is 1. The third kappa shape index (κ3) is 1.91. The summed E-state index contributed by atoms with van der Waals surface area (Å²) in [6, 6.07) is 0.230. The van der Waals surface area contributed by atoms with E-state index in [4.69, 9.17) is 5.73 Å². The molecule has 7 nitrogen and oxygen atoms in total. The van der Waals surface area contributed by atoms with Gasteiger partial charge in [-0.05, 0) is 17.8 Å². The van der Waals surface area contributed by atoms with E-state index in [1.807, 2.05) is 0 Å². The van der Waals surface area contributed by atoms with Gasteiger partial charge < -0.3 is 21.2 Å². The molecule has 1 aliphatic carbocycles. The average molecular weight is 211 g/mol. The van der Waals surface area contributed by atoms with Gasteiger partial charge in [-0.15, -0.1) is 0 Å². The van der Waals surface area contributed by atoms with Crippen LogP contribution in [0, 0.1) is 10.1 Å². The lowest BCUT2D eigenvalue weighted by Crippen LogP contribution is -2.16. The van der Waals surface area contributed by atoms with E-state index in [0.717, 1.165) is 12.8 Å². The highest BCUT2D eigenvalue weighted by Gasteiger charge is 2.35. The molecule has 1 aliphatic rings. The summed E-state index contributed by atoms with van der Waals surface area (Å²) in [5, 5.41) is 13.7. The molecule has 3 N–H and O–H groups in total. The van der Waals surface area contributed by atoms with Crippen LogP contribution in [0.5, 0.6) is 0 Å². The summed E-state index contributed by atoms with van der Waals surface area (Å²) in [5.41, 5.74) is 5.35. The highest BCUT2D eigenvalue weighted by molar-refractivity contribution is 5.37. The van der Waals surface area contributed by atoms with Crippen molar-refractivity contribution in [3.8, 4) is 0 Å². The molecule has 0 amide bonds. The van der Waals surface area contributed by atoms with Gasteiger partial charge in [-0.25, -0.2) is 0 Å². The van der Waals surface area contributed by atoms with Crippen molar-refractivity contribution < 1.29 is 4.92 Å². The predicted octanol–water partition coefficient (Wildman–Crippen LogP) is 0.497. The molecule has 0 radical (unpaired) electrons. The lowest BCUT2D eigenvalue weighted by molar-refractivity contribution is -0.392. The average Bonchev–Trinajstić information content (AvgIpc) is 2.95. The molecule has 0 aliphatic heterocycles. The molecule has 1 heterocycles. The van der Waals surface area contributed by atoms with Gasteiger partial charge in [-0.2, -0.15) is 9.55 Å². The highest BCUT2D eigenvalue weighted by atomic mass is 16.6. The largest absolute Gasteiger partial charge is 0.358 e. The summed E-state index contributed by atoms with van der Waals surface area (Å²) in [5.74, 6) is 0.603. The van der Waals surface area contributed by atoms with E-state index in [2.05, 4.69) is 10.3 Å². The van der Waals surface area contributed by atoms with Gasteiger partial charge in [-0.1, -0.05) is 0 Å². The van der Waals surface area contributed by atoms with Crippen molar-refractivity contribution >= 4 is 11.8 Å². The minimum Gasteiger partial charge on any atom is -0.358 e. The number of imidazole rings is 1. The van der Waals surface area contributed by atoms with Crippen LogP contribution >= 0.6 is 0 Å². The fourth-order valence-electron chi connectivity index (χ4n) is 1.49. The Kier molecular flexibility index (Phi) is 2.55. The summed E-state index contributed by atoms with van der Waals surface area (Å²) in [6.45, 7) is 1.05. The number of rotatable bonds is 5. The quantitative estimate of drug-likeness (QED) is 0.545. The topological polar surface area (TPSA) is 99.0 Å². The molecular formula is C8H13N5O2. The Morgan fingerprint density at radius 3 is 3.00 bits per heavy atom. The molecule has 0 atom stereocenters. The van der Waals surface area contributed by atoms with Crippen molar-refractivity contribution in [2.24, 2.45) is 5.73 Å². The van der Waals surface area contributed by atoms with Crippen LogP contribution in [0.2, 0.25) is 0 Å². The zero-order valence-corrected chi connectivity index (χ0v) is 8.22. The van der Waals surface area contributed by atoms with Gasteiger partial charge in [0.15, 0.2) is 0 Å². The molecule has 0 aromatic carbocycles. The van der Waals surface area contributed by atoms with E-state index in [1.54, 1.807) is 4.57 Å². The Labute approximate surface area is 86.4 Å². The second-order valence-corrected chi connectivity index (χ2v) is 3.51. The molecule has 1 saturated carbocycles. The fourth-order valence-corrected chi connectivity index (χ4v) is 1.49. The van der Waals surface area contributed by atoms with E-state index in [9.17, 15) is 10.1 Å². The van der Waals surface area contributed by atoms with Crippen LogP contribution in [0.4, 0.5) is 11.8 Å². The number of anilines is 1. The maximum atomic E-state index is 10.7. The third-order valence-electron chi connectivity index (χ3n) is 2.30. The fraction of sp³-hybridized carbons (Fsp3) is 0.625. The summed E-state index contributed by atoms with van der Waals surface area (Å²) in [4.78, 5) is 14.3. The van der Waals surface area contributed by atoms with E-state index in [1.165, 1.54) is 6.20 Å². The van der Waals surface area contributed by atoms with Crippen LogP contribution in [0.25, 0.3) is 0 Å². The van der Waals surface area contributed by atoms with Crippen LogP contribution in [0.15, 0.2) is 6.20 Å². The lowest BCUT2D eigenvalue weighted by Gasteiger charge is -2.03. The smallest absolute Gasteiger partial charge is 0.344 e. The molecule has 1 aromatic heterocycles. The first kappa shape index (κ1) is 9.91. The zero-order valence-electron chi connectivity index (χ0n) is 8.22. The highest BCUT2D eigenvalue weighted by Crippen LogP contribution is 2.40. The van der Waals surface area contributed by atoms with E-state index >= 15 is 0 Å². The Morgan fingerprint density at radius 1 is 1.73 bits per heavy atom. The van der Waals surface area contributed by atoms with Crippen molar-refractivity contribution in [1.82, 2.24) is 9.55 Å². The van der Waals surface area contributed by atoms with Crippen molar-refractivity contribution in [3.05, 3.63) is 16.3 Å². The minimum absolute atomic E-state index is 0.0528. The van der Waals surface area contributed by atoms with Gasteiger partial charge in [0.2, 0.25) is 0 Å². The number of hydrogen-bond donors (Lipinski definition) is 2. The number of hydrogen-bond acceptors (Lipinski definition) is 5. The van der Waals surface area contributed by atoms with E-state index in [-0.39, 0.29) is 11.9 Å². The summed E-state index contributed by atoms with van der Waals surface area (Å²) in [6.07, 6.45) is 3.25. The molecule has 0 unspecified atom stereocenters. The molecular weight excluding hydrogens is 198 g/mol. The van der Waals surface area contributed by atoms with Crippen molar-refractivity contribution in [3.63, 3.8) is 0 Å². The van der Waals surface area contributed by atoms with Gasteiger partial charge in [0.1, 0.15) is 12.2 Å². The molecule has 0 saturated heterocycles. The van der Waals surface area contributed by atoms with Crippen LogP contribution in [0.1, 0.15) is 18.9 Å². The maximum Gasteiger partial charge on any atom is 0.344 e. The number of aromatic nitrogens is 2. The van der Waals surface area contributed by atoms with Crippen molar-refractivity contribution in [2.75, 3.05) is 18.4 Å². The van der Waals surface area contributed by atoms with Crippen LogP contribution in [-0.2, 0) is 0 Å². The first-order chi connectivity index (χ1) is 7.24. The standard InChI is InChI=1S/C8H13N5O2/c9-3-4-10-8-11-5-7(13(14)15)12(8)6-1-2-6/h5-6H,1-4,9H2,(H,10,11). The van der Waals surface area contributed by atoms with Gasteiger partial charge in [0, 0.05) is 13.1 Å². The monoisotopic (exact) mass is 211 g/mol. The molecule has 2 rings (SSSR count). The number of nitrogens with two attached hydrogens (primary N) is 1. The van der Waals surface area contributed by atoms with Gasteiger partial charge in [0.05, 0.1) is 0 Å². The SMILES string of the molecule is NCCNc1ncc([N+](=O)[O-])n1C1CC1. The first-order valence-electron chi connectivity index (χ1n) is 4.89. The second kappa shape index (κ2) is 3.85. The van der Waals surface area contributed by atoms with Gasteiger partial charge in [-0.3, -0.25) is 0 Å². The van der Waals surface area contributed by atoms with Crippen LogP contribution < -0.4 is 11.1 Å². The minimum atomic E-state index is -0.404. The summed E-state index contributed by atoms with van der Waals surface area (Å²) >= 11 is 0. The Hall–Kier alpha value is -1.63. The predicted molar refractivity (Wildman–Crippen MR) is 54.7 cm³/mol. The molecule has 1 fully saturated rings. The van der Waals surface area contributed by atoms with E-state index < -0.39 is 4.92 Å². The normalized spacial score (nSPS) is 15.3. The van der Waals surface area contributed by atoms with Crippen molar-refractivity contribution in [1.29, 1.82) is 0 Å². The number of nitrogens with zero attached hydrogens (tertiary/aromatic N) is 3. The van der Waals surface area contributed by atoms with Gasteiger partial charge >= 0.3 is 5.82 Å². The Bertz CT molecular complexity index is 371. The number of nitro groups is 1. The molecule has 1 aromatic rings.